The molecule has 1 aromatic heterocycles. The molecule has 19 heavy (non-hydrogen) atoms. The molecule has 0 aliphatic rings. The van der Waals surface area contributed by atoms with Crippen LogP contribution in [-0.4, -0.2) is 35.8 Å². The van der Waals surface area contributed by atoms with Gasteiger partial charge in [-0.2, -0.15) is 5.10 Å². The molecule has 0 spiro atoms. The summed E-state index contributed by atoms with van der Waals surface area (Å²) >= 11 is 0. The predicted molar refractivity (Wildman–Crippen MR) is 69.6 cm³/mol. The van der Waals surface area contributed by atoms with Crippen molar-refractivity contribution in [3.05, 3.63) is 30.1 Å². The Morgan fingerprint density at radius 3 is 2.84 bits per heavy atom. The molecule has 7 heteroatoms. The summed E-state index contributed by atoms with van der Waals surface area (Å²) in [5.41, 5.74) is 3.49. The van der Waals surface area contributed by atoms with E-state index in [-0.39, 0.29) is 13.2 Å². The van der Waals surface area contributed by atoms with Crippen molar-refractivity contribution in [2.24, 2.45) is 5.10 Å². The van der Waals surface area contributed by atoms with Crippen LogP contribution >= 0.6 is 0 Å². The second-order valence-electron chi connectivity index (χ2n) is 3.51. The van der Waals surface area contributed by atoms with Gasteiger partial charge >= 0.3 is 12.0 Å². The van der Waals surface area contributed by atoms with Crippen LogP contribution in [0.25, 0.3) is 0 Å². The molecule has 0 radical (unpaired) electrons. The Hall–Kier alpha value is -2.44. The van der Waals surface area contributed by atoms with Crippen LogP contribution in [0, 0.1) is 0 Å². The summed E-state index contributed by atoms with van der Waals surface area (Å²) in [4.78, 5) is 26.4. The summed E-state index contributed by atoms with van der Waals surface area (Å²) in [6.07, 6.45) is 1.63. The Morgan fingerprint density at radius 1 is 1.42 bits per heavy atom. The number of hydrazone groups is 1. The lowest BCUT2D eigenvalue weighted by atomic mass is 10.3. The van der Waals surface area contributed by atoms with Gasteiger partial charge in [0.25, 0.3) is 0 Å². The van der Waals surface area contributed by atoms with Gasteiger partial charge in [0.05, 0.1) is 18.0 Å². The third-order valence-corrected chi connectivity index (χ3v) is 2.06. The number of rotatable bonds is 5. The molecule has 0 saturated heterocycles. The number of ether oxygens (including phenoxy) is 1. The summed E-state index contributed by atoms with van der Waals surface area (Å²) in [6.45, 7) is 3.49. The van der Waals surface area contributed by atoms with Gasteiger partial charge in [-0.1, -0.05) is 6.07 Å². The van der Waals surface area contributed by atoms with E-state index in [0.29, 0.717) is 11.4 Å². The molecule has 2 amide bonds. The first kappa shape index (κ1) is 14.6. The molecule has 0 fully saturated rings. The number of aromatic nitrogens is 1. The number of amides is 2. The molecular weight excluding hydrogens is 248 g/mol. The number of urea groups is 1. The number of pyridine rings is 1. The van der Waals surface area contributed by atoms with E-state index >= 15 is 0 Å². The molecule has 102 valence electrons. The quantitative estimate of drug-likeness (QED) is 0.464. The van der Waals surface area contributed by atoms with Crippen molar-refractivity contribution in [2.75, 3.05) is 13.2 Å². The standard InChI is InChI=1S/C12H16N4O3/c1-3-19-11(17)8-14-12(18)16-15-9(2)10-6-4-5-7-13-10/h4-7H,3,8H2,1-2H3,(H2,14,16,18)/b15-9+. The first-order valence-electron chi connectivity index (χ1n) is 5.78. The van der Waals surface area contributed by atoms with Crippen LogP contribution in [0.4, 0.5) is 4.79 Å². The number of carbonyl (C=O) groups excluding carboxylic acids is 2. The van der Waals surface area contributed by atoms with Crippen molar-refractivity contribution in [1.29, 1.82) is 0 Å². The molecule has 0 unspecified atom stereocenters. The molecule has 7 nitrogen and oxygen atoms in total. The Labute approximate surface area is 111 Å². The Balaban J connectivity index is 2.39. The van der Waals surface area contributed by atoms with E-state index in [4.69, 9.17) is 0 Å². The van der Waals surface area contributed by atoms with E-state index in [9.17, 15) is 9.59 Å². The maximum absolute atomic E-state index is 11.3. The molecule has 0 atom stereocenters. The van der Waals surface area contributed by atoms with Crippen molar-refractivity contribution in [1.82, 2.24) is 15.7 Å². The topological polar surface area (TPSA) is 92.7 Å². The lowest BCUT2D eigenvalue weighted by molar-refractivity contribution is -0.141. The van der Waals surface area contributed by atoms with Crippen molar-refractivity contribution < 1.29 is 14.3 Å². The summed E-state index contributed by atoms with van der Waals surface area (Å²) in [6, 6.07) is 4.80. The van der Waals surface area contributed by atoms with E-state index in [1.165, 1.54) is 0 Å². The molecule has 0 aliphatic carbocycles. The Morgan fingerprint density at radius 2 is 2.21 bits per heavy atom. The van der Waals surface area contributed by atoms with Gasteiger partial charge < -0.3 is 10.1 Å². The largest absolute Gasteiger partial charge is 0.465 e. The molecule has 0 bridgehead atoms. The number of esters is 1. The lowest BCUT2D eigenvalue weighted by Gasteiger charge is -2.04. The van der Waals surface area contributed by atoms with Crippen molar-refractivity contribution >= 4 is 17.7 Å². The highest BCUT2D eigenvalue weighted by molar-refractivity contribution is 5.97. The molecular formula is C12H16N4O3. The van der Waals surface area contributed by atoms with Crippen molar-refractivity contribution in [3.8, 4) is 0 Å². The van der Waals surface area contributed by atoms with Gasteiger partial charge in [0, 0.05) is 6.20 Å². The fourth-order valence-corrected chi connectivity index (χ4v) is 1.17. The van der Waals surface area contributed by atoms with Crippen LogP contribution in [0.5, 0.6) is 0 Å². The summed E-state index contributed by atoms with van der Waals surface area (Å²) in [7, 11) is 0. The van der Waals surface area contributed by atoms with Crippen LogP contribution in [-0.2, 0) is 9.53 Å². The van der Waals surface area contributed by atoms with Crippen molar-refractivity contribution in [3.63, 3.8) is 0 Å². The van der Waals surface area contributed by atoms with E-state index in [1.54, 1.807) is 32.2 Å². The lowest BCUT2D eigenvalue weighted by Crippen LogP contribution is -2.37. The highest BCUT2D eigenvalue weighted by atomic mass is 16.5. The second-order valence-corrected chi connectivity index (χ2v) is 3.51. The van der Waals surface area contributed by atoms with Gasteiger partial charge in [0.2, 0.25) is 0 Å². The maximum Gasteiger partial charge on any atom is 0.335 e. The Kier molecular flexibility index (Phi) is 6.00. The second kappa shape index (κ2) is 7.80. The monoisotopic (exact) mass is 264 g/mol. The Bertz CT molecular complexity index is 459. The minimum atomic E-state index is -0.580. The average Bonchev–Trinajstić information content (AvgIpc) is 2.44. The first-order chi connectivity index (χ1) is 9.13. The van der Waals surface area contributed by atoms with Crippen LogP contribution < -0.4 is 10.7 Å². The van der Waals surface area contributed by atoms with E-state index in [2.05, 4.69) is 25.6 Å². The van der Waals surface area contributed by atoms with Crippen LogP contribution in [0.3, 0.4) is 0 Å². The number of nitrogens with zero attached hydrogens (tertiary/aromatic N) is 2. The average molecular weight is 264 g/mol. The zero-order chi connectivity index (χ0) is 14.1. The molecule has 1 rings (SSSR count). The highest BCUT2D eigenvalue weighted by Gasteiger charge is 2.05. The number of hydrogen-bond acceptors (Lipinski definition) is 5. The van der Waals surface area contributed by atoms with Gasteiger partial charge in [-0.3, -0.25) is 9.78 Å². The summed E-state index contributed by atoms with van der Waals surface area (Å²) in [5.74, 6) is -0.497. The predicted octanol–water partition coefficient (Wildman–Crippen LogP) is 0.668. The van der Waals surface area contributed by atoms with Gasteiger partial charge in [-0.05, 0) is 26.0 Å². The fraction of sp³-hybridized carbons (Fsp3) is 0.333. The maximum atomic E-state index is 11.3. The van der Waals surface area contributed by atoms with Gasteiger partial charge in [-0.15, -0.1) is 0 Å². The van der Waals surface area contributed by atoms with E-state index < -0.39 is 12.0 Å². The van der Waals surface area contributed by atoms with Crippen LogP contribution in [0.15, 0.2) is 29.5 Å². The van der Waals surface area contributed by atoms with E-state index in [0.717, 1.165) is 0 Å². The molecule has 1 heterocycles. The van der Waals surface area contributed by atoms with E-state index in [1.807, 2.05) is 6.07 Å². The van der Waals surface area contributed by atoms with Crippen LogP contribution in [0.2, 0.25) is 0 Å². The molecule has 2 N–H and O–H groups in total. The molecule has 0 aliphatic heterocycles. The fourth-order valence-electron chi connectivity index (χ4n) is 1.17. The third-order valence-electron chi connectivity index (χ3n) is 2.06. The molecule has 1 aromatic rings. The summed E-state index contributed by atoms with van der Waals surface area (Å²) in [5, 5.41) is 6.18. The van der Waals surface area contributed by atoms with Gasteiger partial charge in [0.15, 0.2) is 0 Å². The zero-order valence-corrected chi connectivity index (χ0v) is 10.8. The minimum absolute atomic E-state index is 0.197. The molecule has 0 saturated carbocycles. The third kappa shape index (κ3) is 5.62. The van der Waals surface area contributed by atoms with Crippen molar-refractivity contribution in [2.45, 2.75) is 13.8 Å². The SMILES string of the molecule is CCOC(=O)CNC(=O)N/N=C(\C)c1ccccn1. The highest BCUT2D eigenvalue weighted by Crippen LogP contribution is 1.94. The van der Waals surface area contributed by atoms with Gasteiger partial charge in [-0.25, -0.2) is 10.2 Å². The summed E-state index contributed by atoms with van der Waals surface area (Å²) < 4.78 is 4.66. The number of hydrogen-bond donors (Lipinski definition) is 2. The smallest absolute Gasteiger partial charge is 0.335 e. The normalized spacial score (nSPS) is 10.7. The van der Waals surface area contributed by atoms with Gasteiger partial charge in [0.1, 0.15) is 6.54 Å². The first-order valence-corrected chi connectivity index (χ1v) is 5.78. The zero-order valence-electron chi connectivity index (χ0n) is 10.8. The number of carbonyl (C=O) groups is 2. The molecule has 0 aromatic carbocycles. The minimum Gasteiger partial charge on any atom is -0.465 e. The van der Waals surface area contributed by atoms with Crippen LogP contribution in [0.1, 0.15) is 19.5 Å². The number of nitrogens with one attached hydrogen (secondary N) is 2.